The Kier molecular flexibility index (Phi) is 3.52. The summed E-state index contributed by atoms with van der Waals surface area (Å²) in [6.45, 7) is 1.88. The molecule has 2 heterocycles. The van der Waals surface area contributed by atoms with E-state index < -0.39 is 5.97 Å². The van der Waals surface area contributed by atoms with Crippen LogP contribution in [0.15, 0.2) is 37.5 Å². The molecule has 0 saturated carbocycles. The van der Waals surface area contributed by atoms with Crippen molar-refractivity contribution in [3.8, 4) is 0 Å². The maximum absolute atomic E-state index is 11.3. The van der Waals surface area contributed by atoms with Crippen LogP contribution in [0.1, 0.15) is 23.3 Å². The number of aromatic amines is 1. The lowest BCUT2D eigenvalue weighted by Gasteiger charge is -1.99. The number of hydrogen-bond donors (Lipinski definition) is 2. The summed E-state index contributed by atoms with van der Waals surface area (Å²) in [5, 5.41) is 9.57. The van der Waals surface area contributed by atoms with Crippen LogP contribution in [0, 0.1) is 0 Å². The highest BCUT2D eigenvalue weighted by molar-refractivity contribution is 7.99. The van der Waals surface area contributed by atoms with Crippen LogP contribution in [0.5, 0.6) is 0 Å². The van der Waals surface area contributed by atoms with E-state index in [9.17, 15) is 9.59 Å². The van der Waals surface area contributed by atoms with Gasteiger partial charge in [0.2, 0.25) is 5.76 Å². The van der Waals surface area contributed by atoms with Crippen molar-refractivity contribution in [3.63, 3.8) is 0 Å². The predicted octanol–water partition coefficient (Wildman–Crippen LogP) is 1.77. The van der Waals surface area contributed by atoms with Gasteiger partial charge in [0.25, 0.3) is 5.56 Å². The lowest BCUT2D eigenvalue weighted by Crippen LogP contribution is -2.09. The average molecular weight is 266 g/mol. The van der Waals surface area contributed by atoms with Crippen molar-refractivity contribution in [1.29, 1.82) is 0 Å². The Morgan fingerprint density at radius 1 is 1.56 bits per heavy atom. The highest BCUT2D eigenvalue weighted by atomic mass is 32.2. The second kappa shape index (κ2) is 5.09. The van der Waals surface area contributed by atoms with Crippen molar-refractivity contribution in [2.24, 2.45) is 0 Å². The number of H-pyrrole nitrogens is 1. The molecule has 7 heteroatoms. The van der Waals surface area contributed by atoms with Gasteiger partial charge in [-0.05, 0) is 23.9 Å². The van der Waals surface area contributed by atoms with E-state index in [1.165, 1.54) is 18.2 Å². The largest absolute Gasteiger partial charge is 0.475 e. The molecule has 2 aromatic rings. The quantitative estimate of drug-likeness (QED) is 0.819. The third-order valence-electron chi connectivity index (χ3n) is 2.10. The van der Waals surface area contributed by atoms with Crippen LogP contribution in [0.2, 0.25) is 0 Å². The van der Waals surface area contributed by atoms with E-state index in [1.54, 1.807) is 0 Å². The number of rotatable bonds is 4. The number of furan rings is 1. The molecule has 2 rings (SSSR count). The molecule has 0 saturated heterocycles. The van der Waals surface area contributed by atoms with Gasteiger partial charge in [0.1, 0.15) is 10.9 Å². The summed E-state index contributed by atoms with van der Waals surface area (Å²) >= 11 is 1.11. The lowest BCUT2D eigenvalue weighted by molar-refractivity contribution is 0.0656. The van der Waals surface area contributed by atoms with Crippen LogP contribution >= 0.6 is 11.8 Å². The molecule has 0 aliphatic rings. The highest BCUT2D eigenvalue weighted by Gasteiger charge is 2.11. The summed E-state index contributed by atoms with van der Waals surface area (Å²) in [5.41, 5.74) is -0.241. The first-order valence-corrected chi connectivity index (χ1v) is 6.01. The molecule has 18 heavy (non-hydrogen) atoms. The minimum atomic E-state index is -1.13. The second-order valence-corrected chi connectivity index (χ2v) is 4.43. The smallest absolute Gasteiger partial charge is 0.371 e. The van der Waals surface area contributed by atoms with Gasteiger partial charge in [0.15, 0.2) is 5.09 Å². The number of nitrogens with zero attached hydrogens (tertiary/aromatic N) is 1. The number of hydrogen-bond acceptors (Lipinski definition) is 5. The molecule has 2 aromatic heterocycles. The van der Waals surface area contributed by atoms with Crippen LogP contribution in [0.3, 0.4) is 0 Å². The SMILES string of the molecule is CCc1nc(Sc2ccc(C(=O)O)o2)cc(=O)[nH]1. The maximum Gasteiger partial charge on any atom is 0.371 e. The number of aryl methyl sites for hydroxylation is 1. The number of aromatic carboxylic acids is 1. The molecule has 0 amide bonds. The van der Waals surface area contributed by atoms with E-state index in [1.807, 2.05) is 6.92 Å². The predicted molar refractivity (Wildman–Crippen MR) is 64.0 cm³/mol. The fourth-order valence-electron chi connectivity index (χ4n) is 1.30. The van der Waals surface area contributed by atoms with Gasteiger partial charge in [-0.3, -0.25) is 4.79 Å². The van der Waals surface area contributed by atoms with Crippen LogP contribution in [-0.4, -0.2) is 21.0 Å². The van der Waals surface area contributed by atoms with Gasteiger partial charge >= 0.3 is 5.97 Å². The summed E-state index contributed by atoms with van der Waals surface area (Å²) < 4.78 is 5.07. The van der Waals surface area contributed by atoms with Crippen molar-refractivity contribution in [1.82, 2.24) is 9.97 Å². The zero-order valence-electron chi connectivity index (χ0n) is 9.47. The van der Waals surface area contributed by atoms with E-state index in [-0.39, 0.29) is 11.3 Å². The molecular weight excluding hydrogens is 256 g/mol. The average Bonchev–Trinajstić information content (AvgIpc) is 2.76. The van der Waals surface area contributed by atoms with Crippen molar-refractivity contribution in [2.45, 2.75) is 23.5 Å². The van der Waals surface area contributed by atoms with Crippen LogP contribution in [0.25, 0.3) is 0 Å². The van der Waals surface area contributed by atoms with Gasteiger partial charge < -0.3 is 14.5 Å². The molecule has 0 aliphatic carbocycles. The normalized spacial score (nSPS) is 10.5. The number of nitrogens with one attached hydrogen (secondary N) is 1. The third kappa shape index (κ3) is 2.80. The number of carbonyl (C=O) groups is 1. The molecule has 0 aliphatic heterocycles. The molecular formula is C11H10N2O4S. The third-order valence-corrected chi connectivity index (χ3v) is 2.94. The first-order valence-electron chi connectivity index (χ1n) is 5.19. The number of carboxylic acid groups (broad SMARTS) is 1. The molecule has 2 N–H and O–H groups in total. The van der Waals surface area contributed by atoms with E-state index in [2.05, 4.69) is 9.97 Å². The standard InChI is InChI=1S/C11H10N2O4S/c1-2-7-12-8(14)5-9(13-7)18-10-4-3-6(17-10)11(15)16/h3-5H,2H2,1H3,(H,15,16)(H,12,13,14). The van der Waals surface area contributed by atoms with Gasteiger partial charge in [-0.15, -0.1) is 0 Å². The van der Waals surface area contributed by atoms with Crippen LogP contribution in [-0.2, 0) is 6.42 Å². The van der Waals surface area contributed by atoms with Crippen molar-refractivity contribution >= 4 is 17.7 Å². The Labute approximate surface area is 106 Å². The minimum absolute atomic E-state index is 0.141. The zero-order valence-corrected chi connectivity index (χ0v) is 10.3. The number of aromatic nitrogens is 2. The van der Waals surface area contributed by atoms with Gasteiger partial charge in [0, 0.05) is 12.5 Å². The minimum Gasteiger partial charge on any atom is -0.475 e. The highest BCUT2D eigenvalue weighted by Crippen LogP contribution is 2.27. The monoisotopic (exact) mass is 266 g/mol. The van der Waals surface area contributed by atoms with Crippen molar-refractivity contribution in [2.75, 3.05) is 0 Å². The van der Waals surface area contributed by atoms with Crippen molar-refractivity contribution in [3.05, 3.63) is 40.1 Å². The molecule has 94 valence electrons. The number of carboxylic acids is 1. The first-order chi connectivity index (χ1) is 8.58. The molecule has 0 bridgehead atoms. The summed E-state index contributed by atoms with van der Waals surface area (Å²) in [4.78, 5) is 28.8. The molecule has 0 radical (unpaired) electrons. The van der Waals surface area contributed by atoms with Gasteiger partial charge in [-0.25, -0.2) is 9.78 Å². The Hall–Kier alpha value is -2.02. The molecule has 0 aromatic carbocycles. The first kappa shape index (κ1) is 12.4. The Morgan fingerprint density at radius 3 is 2.94 bits per heavy atom. The van der Waals surface area contributed by atoms with E-state index in [4.69, 9.17) is 9.52 Å². The van der Waals surface area contributed by atoms with Gasteiger partial charge in [-0.2, -0.15) is 0 Å². The fourth-order valence-corrected chi connectivity index (χ4v) is 2.09. The molecule has 6 nitrogen and oxygen atoms in total. The zero-order chi connectivity index (χ0) is 13.1. The topological polar surface area (TPSA) is 96.2 Å². The summed E-state index contributed by atoms with van der Waals surface area (Å²) in [6, 6.07) is 4.23. The van der Waals surface area contributed by atoms with Crippen LogP contribution < -0.4 is 5.56 Å². The van der Waals surface area contributed by atoms with Gasteiger partial charge in [0.05, 0.1) is 0 Å². The molecule has 0 unspecified atom stereocenters. The summed E-state index contributed by atoms with van der Waals surface area (Å²) in [7, 11) is 0. The van der Waals surface area contributed by atoms with Crippen molar-refractivity contribution < 1.29 is 14.3 Å². The summed E-state index contributed by atoms with van der Waals surface area (Å²) in [5.74, 6) is -0.692. The van der Waals surface area contributed by atoms with Crippen LogP contribution in [0.4, 0.5) is 0 Å². The lowest BCUT2D eigenvalue weighted by atomic mass is 10.4. The van der Waals surface area contributed by atoms with E-state index in [0.29, 0.717) is 22.4 Å². The summed E-state index contributed by atoms with van der Waals surface area (Å²) in [6.07, 6.45) is 0.613. The Bertz CT molecular complexity index is 632. The Morgan fingerprint density at radius 2 is 2.33 bits per heavy atom. The molecule has 0 spiro atoms. The molecule has 0 atom stereocenters. The fraction of sp³-hybridized carbons (Fsp3) is 0.182. The van der Waals surface area contributed by atoms with E-state index >= 15 is 0 Å². The Balaban J connectivity index is 2.25. The maximum atomic E-state index is 11.3. The van der Waals surface area contributed by atoms with Gasteiger partial charge in [-0.1, -0.05) is 6.92 Å². The van der Waals surface area contributed by atoms with E-state index in [0.717, 1.165) is 11.8 Å². The second-order valence-electron chi connectivity index (χ2n) is 3.41. The molecule has 0 fully saturated rings.